The van der Waals surface area contributed by atoms with Crippen molar-refractivity contribution in [2.45, 2.75) is 52.4 Å². The zero-order valence-corrected chi connectivity index (χ0v) is 19.4. The highest BCUT2D eigenvalue weighted by Crippen LogP contribution is 2.33. The van der Waals surface area contributed by atoms with Crippen molar-refractivity contribution in [1.29, 1.82) is 0 Å². The summed E-state index contributed by atoms with van der Waals surface area (Å²) in [4.78, 5) is 15.2. The van der Waals surface area contributed by atoms with Crippen LogP contribution in [-0.2, 0) is 12.8 Å². The van der Waals surface area contributed by atoms with Crippen LogP contribution in [0.2, 0.25) is 0 Å². The van der Waals surface area contributed by atoms with Gasteiger partial charge in [0.05, 0.1) is 5.69 Å². The second-order valence-corrected chi connectivity index (χ2v) is 9.97. The molecular weight excluding hydrogens is 392 g/mol. The van der Waals surface area contributed by atoms with Gasteiger partial charge in [0.1, 0.15) is 0 Å². The molecule has 0 N–H and O–H groups in total. The van der Waals surface area contributed by atoms with Crippen molar-refractivity contribution in [3.63, 3.8) is 0 Å². The molecule has 3 heteroatoms. The van der Waals surface area contributed by atoms with Crippen molar-refractivity contribution in [3.05, 3.63) is 77.5 Å². The van der Waals surface area contributed by atoms with Crippen LogP contribution in [0.1, 0.15) is 61.1 Å². The van der Waals surface area contributed by atoms with Crippen LogP contribution in [0, 0.1) is 11.8 Å². The van der Waals surface area contributed by atoms with E-state index in [2.05, 4.69) is 66.9 Å². The standard InChI is InChI=1S/C29H34N2O/c1-21-17-22(2)20-30(19-21)29(32)24-13-15-26(16-14-24)31-27-12-8-4-7-11-25(27)18-28(31)23-9-5-3-6-10-23/h3,5-6,9-10,13-16,18,21-22H,4,7-8,11-12,17,19-20H2,1-2H3. The van der Waals surface area contributed by atoms with Crippen molar-refractivity contribution in [1.82, 2.24) is 9.47 Å². The van der Waals surface area contributed by atoms with Crippen molar-refractivity contribution >= 4 is 5.91 Å². The Morgan fingerprint density at radius 1 is 0.844 bits per heavy atom. The summed E-state index contributed by atoms with van der Waals surface area (Å²) >= 11 is 0. The predicted molar refractivity (Wildman–Crippen MR) is 131 cm³/mol. The minimum atomic E-state index is 0.171. The van der Waals surface area contributed by atoms with Gasteiger partial charge in [-0.2, -0.15) is 0 Å². The number of aryl methyl sites for hydroxylation is 1. The lowest BCUT2D eigenvalue weighted by Gasteiger charge is -2.35. The van der Waals surface area contributed by atoms with Gasteiger partial charge in [-0.25, -0.2) is 0 Å². The molecule has 32 heavy (non-hydrogen) atoms. The van der Waals surface area contributed by atoms with Crippen LogP contribution >= 0.6 is 0 Å². The van der Waals surface area contributed by atoms with Gasteiger partial charge in [-0.15, -0.1) is 0 Å². The molecule has 1 aliphatic heterocycles. The molecule has 1 aromatic heterocycles. The summed E-state index contributed by atoms with van der Waals surface area (Å²) in [6, 6.07) is 21.4. The summed E-state index contributed by atoms with van der Waals surface area (Å²) in [5, 5.41) is 0. The lowest BCUT2D eigenvalue weighted by atomic mass is 9.91. The van der Waals surface area contributed by atoms with Crippen LogP contribution < -0.4 is 0 Å². The molecule has 2 heterocycles. The molecule has 1 saturated heterocycles. The molecule has 1 amide bonds. The van der Waals surface area contributed by atoms with Gasteiger partial charge in [0.25, 0.3) is 5.91 Å². The van der Waals surface area contributed by atoms with Gasteiger partial charge in [-0.3, -0.25) is 4.79 Å². The molecule has 5 rings (SSSR count). The summed E-state index contributed by atoms with van der Waals surface area (Å²) in [5.74, 6) is 1.32. The molecule has 3 aromatic rings. The lowest BCUT2D eigenvalue weighted by molar-refractivity contribution is 0.0623. The fourth-order valence-electron chi connectivity index (χ4n) is 5.76. The first-order chi connectivity index (χ1) is 15.6. The van der Waals surface area contributed by atoms with Gasteiger partial charge >= 0.3 is 0 Å². The largest absolute Gasteiger partial charge is 0.338 e. The Bertz CT molecular complexity index is 1070. The molecule has 2 aromatic carbocycles. The minimum Gasteiger partial charge on any atom is -0.338 e. The monoisotopic (exact) mass is 426 g/mol. The van der Waals surface area contributed by atoms with Crippen molar-refractivity contribution < 1.29 is 4.79 Å². The van der Waals surface area contributed by atoms with E-state index in [4.69, 9.17) is 0 Å². The number of rotatable bonds is 3. The second-order valence-electron chi connectivity index (χ2n) is 9.97. The Kier molecular flexibility index (Phi) is 5.91. The van der Waals surface area contributed by atoms with E-state index >= 15 is 0 Å². The third-order valence-electron chi connectivity index (χ3n) is 7.15. The van der Waals surface area contributed by atoms with Gasteiger partial charge in [0.15, 0.2) is 0 Å². The zero-order valence-electron chi connectivity index (χ0n) is 19.4. The molecule has 166 valence electrons. The number of likely N-dealkylation sites (tertiary alicyclic amines) is 1. The predicted octanol–water partition coefficient (Wildman–Crippen LogP) is 6.53. The fourth-order valence-corrected chi connectivity index (χ4v) is 5.76. The van der Waals surface area contributed by atoms with E-state index in [-0.39, 0.29) is 5.91 Å². The summed E-state index contributed by atoms with van der Waals surface area (Å²) in [6.07, 6.45) is 7.30. The number of aromatic nitrogens is 1. The fraction of sp³-hybridized carbons (Fsp3) is 0.414. The summed E-state index contributed by atoms with van der Waals surface area (Å²) in [7, 11) is 0. The Labute approximate surface area is 192 Å². The van der Waals surface area contributed by atoms with Gasteiger partial charge in [-0.05, 0) is 85.4 Å². The maximum Gasteiger partial charge on any atom is 0.253 e. The van der Waals surface area contributed by atoms with Crippen LogP contribution in [-0.4, -0.2) is 28.5 Å². The number of carbonyl (C=O) groups excluding carboxylic acids is 1. The van der Waals surface area contributed by atoms with E-state index in [0.29, 0.717) is 11.8 Å². The van der Waals surface area contributed by atoms with E-state index in [1.807, 2.05) is 17.0 Å². The van der Waals surface area contributed by atoms with Crippen LogP contribution in [0.3, 0.4) is 0 Å². The molecule has 0 spiro atoms. The van der Waals surface area contributed by atoms with Gasteiger partial charge < -0.3 is 9.47 Å². The van der Waals surface area contributed by atoms with E-state index in [0.717, 1.165) is 37.2 Å². The van der Waals surface area contributed by atoms with Crippen LogP contribution in [0.4, 0.5) is 0 Å². The summed E-state index contributed by atoms with van der Waals surface area (Å²) in [6.45, 7) is 6.24. The average Bonchev–Trinajstić information content (AvgIpc) is 3.01. The van der Waals surface area contributed by atoms with E-state index in [1.54, 1.807) is 0 Å². The van der Waals surface area contributed by atoms with Gasteiger partial charge in [0, 0.05) is 30.0 Å². The summed E-state index contributed by atoms with van der Waals surface area (Å²) < 4.78 is 2.44. The molecular formula is C29H34N2O. The highest BCUT2D eigenvalue weighted by atomic mass is 16.2. The van der Waals surface area contributed by atoms with E-state index in [1.165, 1.54) is 48.2 Å². The molecule has 3 nitrogen and oxygen atoms in total. The SMILES string of the molecule is CC1CC(C)CN(C(=O)c2ccc(-n3c(-c4ccccc4)cc4c3CCCCC4)cc2)C1. The minimum absolute atomic E-state index is 0.171. The molecule has 2 unspecified atom stereocenters. The lowest BCUT2D eigenvalue weighted by Crippen LogP contribution is -2.42. The number of carbonyl (C=O) groups is 1. The van der Waals surface area contributed by atoms with Crippen molar-refractivity contribution in [3.8, 4) is 16.9 Å². The number of benzene rings is 2. The van der Waals surface area contributed by atoms with Crippen molar-refractivity contribution in [2.24, 2.45) is 11.8 Å². The van der Waals surface area contributed by atoms with Crippen LogP contribution in [0.25, 0.3) is 16.9 Å². The number of hydrogen-bond donors (Lipinski definition) is 0. The molecule has 0 radical (unpaired) electrons. The maximum atomic E-state index is 13.2. The van der Waals surface area contributed by atoms with E-state index < -0.39 is 0 Å². The highest BCUT2D eigenvalue weighted by molar-refractivity contribution is 5.94. The third-order valence-corrected chi connectivity index (χ3v) is 7.15. The number of fused-ring (bicyclic) bond motifs is 1. The molecule has 0 bridgehead atoms. The van der Waals surface area contributed by atoms with Gasteiger partial charge in [-0.1, -0.05) is 50.6 Å². The Hall–Kier alpha value is -2.81. The third kappa shape index (κ3) is 4.13. The first kappa shape index (κ1) is 21.1. The Balaban J connectivity index is 1.50. The smallest absolute Gasteiger partial charge is 0.253 e. The highest BCUT2D eigenvalue weighted by Gasteiger charge is 2.26. The average molecular weight is 427 g/mol. The summed E-state index contributed by atoms with van der Waals surface area (Å²) in [5.41, 5.74) is 7.39. The molecule has 0 saturated carbocycles. The molecule has 2 atom stereocenters. The Morgan fingerprint density at radius 2 is 1.53 bits per heavy atom. The van der Waals surface area contributed by atoms with Gasteiger partial charge in [0.2, 0.25) is 0 Å². The first-order valence-electron chi connectivity index (χ1n) is 12.3. The number of nitrogens with zero attached hydrogens (tertiary/aromatic N) is 2. The quantitative estimate of drug-likeness (QED) is 0.437. The number of hydrogen-bond acceptors (Lipinski definition) is 1. The first-order valence-corrected chi connectivity index (χ1v) is 12.3. The number of amides is 1. The molecule has 1 aliphatic carbocycles. The zero-order chi connectivity index (χ0) is 22.1. The molecule has 1 fully saturated rings. The molecule has 2 aliphatic rings. The van der Waals surface area contributed by atoms with E-state index in [9.17, 15) is 4.79 Å². The topological polar surface area (TPSA) is 25.2 Å². The maximum absolute atomic E-state index is 13.2. The number of piperidine rings is 1. The van der Waals surface area contributed by atoms with Crippen LogP contribution in [0.15, 0.2) is 60.7 Å². The second kappa shape index (κ2) is 8.97. The van der Waals surface area contributed by atoms with Crippen LogP contribution in [0.5, 0.6) is 0 Å². The van der Waals surface area contributed by atoms with Crippen molar-refractivity contribution in [2.75, 3.05) is 13.1 Å². The normalized spacial score (nSPS) is 21.1. The Morgan fingerprint density at radius 3 is 2.25 bits per heavy atom.